The molecule has 0 spiro atoms. The van der Waals surface area contributed by atoms with Crippen LogP contribution in [-0.4, -0.2) is 76.5 Å². The first-order chi connectivity index (χ1) is 12.6. The van der Waals surface area contributed by atoms with E-state index in [2.05, 4.69) is 77.9 Å². The van der Waals surface area contributed by atoms with E-state index in [0.29, 0.717) is 12.6 Å². The number of fused-ring (bicyclic) bond motifs is 1. The molecule has 0 aromatic heterocycles. The molecular formula is C20H42N2O4Si2. The average Bonchev–Trinajstić information content (AvgIpc) is 3.40. The Morgan fingerprint density at radius 2 is 1.43 bits per heavy atom. The second-order valence-electron chi connectivity index (χ2n) is 11.9. The van der Waals surface area contributed by atoms with E-state index in [1.54, 1.807) is 0 Å². The molecule has 6 nitrogen and oxygen atoms in total. The molecule has 0 aliphatic carbocycles. The average molecular weight is 431 g/mol. The lowest BCUT2D eigenvalue weighted by atomic mass is 10.2. The molecule has 0 aromatic rings. The lowest BCUT2D eigenvalue weighted by Crippen LogP contribution is -2.43. The highest BCUT2D eigenvalue weighted by Gasteiger charge is 2.66. The highest BCUT2D eigenvalue weighted by atomic mass is 28.4. The van der Waals surface area contributed by atoms with Gasteiger partial charge in [0.05, 0.1) is 31.3 Å². The van der Waals surface area contributed by atoms with Gasteiger partial charge in [-0.2, -0.15) is 0 Å². The third kappa shape index (κ3) is 4.30. The van der Waals surface area contributed by atoms with Gasteiger partial charge in [0.15, 0.2) is 22.9 Å². The number of aliphatic hydroxyl groups excluding tert-OH is 1. The number of nitrogens with zero attached hydrogens (tertiary/aromatic N) is 1. The first-order valence-corrected chi connectivity index (χ1v) is 16.5. The Hall–Kier alpha value is 0.194. The highest BCUT2D eigenvalue weighted by Crippen LogP contribution is 2.46. The van der Waals surface area contributed by atoms with Gasteiger partial charge >= 0.3 is 0 Å². The first-order valence-electron chi connectivity index (χ1n) is 10.7. The van der Waals surface area contributed by atoms with Gasteiger partial charge in [-0.15, -0.1) is 0 Å². The van der Waals surface area contributed by atoms with Gasteiger partial charge in [-0.1, -0.05) is 41.5 Å². The zero-order chi connectivity index (χ0) is 21.3. The molecule has 3 aliphatic heterocycles. The molecule has 3 fully saturated rings. The predicted octanol–water partition coefficient (Wildman–Crippen LogP) is 3.10. The topological polar surface area (TPSA) is 72.9 Å². The molecule has 28 heavy (non-hydrogen) atoms. The maximum Gasteiger partial charge on any atom is 0.192 e. The van der Waals surface area contributed by atoms with Crippen LogP contribution in [0.15, 0.2) is 0 Å². The summed E-state index contributed by atoms with van der Waals surface area (Å²) in [6.45, 7) is 24.1. The second-order valence-corrected chi connectivity index (χ2v) is 21.5. The van der Waals surface area contributed by atoms with Gasteiger partial charge in [-0.3, -0.25) is 4.90 Å². The van der Waals surface area contributed by atoms with Crippen LogP contribution in [0.1, 0.15) is 41.5 Å². The number of hydrogen-bond donors (Lipinski definition) is 2. The summed E-state index contributed by atoms with van der Waals surface area (Å²) < 4.78 is 18.6. The maximum absolute atomic E-state index is 10.3. The molecule has 2 N–H and O–H groups in total. The molecule has 3 saturated heterocycles. The number of nitrogens with one attached hydrogen (secondary N) is 1. The zero-order valence-corrected chi connectivity index (χ0v) is 21.5. The smallest absolute Gasteiger partial charge is 0.192 e. The van der Waals surface area contributed by atoms with Gasteiger partial charge < -0.3 is 24.0 Å². The van der Waals surface area contributed by atoms with Gasteiger partial charge in [0, 0.05) is 6.04 Å². The highest BCUT2D eigenvalue weighted by molar-refractivity contribution is 6.74. The largest absolute Gasteiger partial charge is 0.415 e. The third-order valence-corrected chi connectivity index (χ3v) is 16.8. The number of aliphatic hydroxyl groups is 1. The fourth-order valence-electron chi connectivity index (χ4n) is 3.41. The van der Waals surface area contributed by atoms with Crippen LogP contribution < -0.4 is 5.32 Å². The lowest BCUT2D eigenvalue weighted by molar-refractivity contribution is -0.119. The van der Waals surface area contributed by atoms with Crippen molar-refractivity contribution in [1.29, 1.82) is 0 Å². The number of ether oxygens (including phenoxy) is 1. The molecule has 0 aromatic carbocycles. The van der Waals surface area contributed by atoms with Crippen LogP contribution in [0.25, 0.3) is 0 Å². The van der Waals surface area contributed by atoms with Gasteiger partial charge in [0.25, 0.3) is 0 Å². The summed E-state index contributed by atoms with van der Waals surface area (Å²) in [4.78, 5) is 2.29. The van der Waals surface area contributed by atoms with Crippen molar-refractivity contribution in [1.82, 2.24) is 10.2 Å². The van der Waals surface area contributed by atoms with E-state index in [1.165, 1.54) is 0 Å². The summed E-state index contributed by atoms with van der Waals surface area (Å²) in [5, 5.41) is 14.3. The van der Waals surface area contributed by atoms with Crippen molar-refractivity contribution >= 4 is 16.6 Å². The summed E-state index contributed by atoms with van der Waals surface area (Å²) in [6, 6.07) is 0.904. The quantitative estimate of drug-likeness (QED) is 0.478. The SMILES string of the molecule is CC(C)(C)[Si](C)(C)OC[C@@H]1[C@H]2[C@H](O)O[C@H]([C@H]3N[C@@H]3CO[Si](C)(C)C(C)(C)C)N21. The molecule has 3 aliphatic rings. The molecule has 0 amide bonds. The van der Waals surface area contributed by atoms with E-state index >= 15 is 0 Å². The molecular weight excluding hydrogens is 388 g/mol. The first kappa shape index (κ1) is 22.9. The summed E-state index contributed by atoms with van der Waals surface area (Å²) in [5.74, 6) is 0. The van der Waals surface area contributed by atoms with Gasteiger partial charge in [0.1, 0.15) is 6.23 Å². The Kier molecular flexibility index (Phi) is 5.81. The molecule has 164 valence electrons. The van der Waals surface area contributed by atoms with Gasteiger partial charge in [-0.05, 0) is 36.3 Å². The zero-order valence-electron chi connectivity index (χ0n) is 19.5. The van der Waals surface area contributed by atoms with Crippen molar-refractivity contribution in [3.63, 3.8) is 0 Å². The molecule has 8 heteroatoms. The van der Waals surface area contributed by atoms with Crippen LogP contribution in [0.2, 0.25) is 36.3 Å². The standard InChI is InChI=1S/C20H42N2O4Si2/c1-19(2,3)27(7,8)24-11-13-15(21-13)17-22-14(16(22)18(23)26-17)12-25-28(9,10)20(4,5)6/h13-18,21,23H,11-12H2,1-10H3/t13-,14-,15+,16+,17-,18-,22?/m1/s1. The molecule has 1 unspecified atom stereocenters. The molecule has 7 atom stereocenters. The second kappa shape index (κ2) is 7.12. The number of hydrogen-bond acceptors (Lipinski definition) is 6. The minimum absolute atomic E-state index is 0.0685. The maximum atomic E-state index is 10.3. The van der Waals surface area contributed by atoms with Crippen molar-refractivity contribution < 1.29 is 18.7 Å². The Bertz CT molecular complexity index is 588. The Labute approximate surface area is 173 Å². The van der Waals surface area contributed by atoms with E-state index in [1.807, 2.05) is 0 Å². The molecule has 3 heterocycles. The lowest BCUT2D eigenvalue weighted by Gasteiger charge is -2.36. The third-order valence-electron chi connectivity index (χ3n) is 7.79. The Balaban J connectivity index is 1.50. The number of rotatable bonds is 7. The fourth-order valence-corrected chi connectivity index (χ4v) is 5.46. The Morgan fingerprint density at radius 3 is 1.93 bits per heavy atom. The van der Waals surface area contributed by atoms with Crippen LogP contribution in [0.3, 0.4) is 0 Å². The van der Waals surface area contributed by atoms with Crippen LogP contribution in [0.5, 0.6) is 0 Å². The van der Waals surface area contributed by atoms with E-state index in [-0.39, 0.29) is 34.4 Å². The molecule has 0 radical (unpaired) electrons. The van der Waals surface area contributed by atoms with Crippen molar-refractivity contribution in [2.45, 2.75) is 114 Å². The van der Waals surface area contributed by atoms with E-state index in [4.69, 9.17) is 13.6 Å². The van der Waals surface area contributed by atoms with Crippen LogP contribution in [0, 0.1) is 0 Å². The fraction of sp³-hybridized carbons (Fsp3) is 1.00. The normalized spacial score (nSPS) is 38.5. The molecule has 0 bridgehead atoms. The summed E-state index contributed by atoms with van der Waals surface area (Å²) in [6.07, 6.45) is -0.775. The summed E-state index contributed by atoms with van der Waals surface area (Å²) >= 11 is 0. The Morgan fingerprint density at radius 1 is 0.929 bits per heavy atom. The van der Waals surface area contributed by atoms with Crippen molar-refractivity contribution in [2.75, 3.05) is 13.2 Å². The minimum Gasteiger partial charge on any atom is -0.415 e. The summed E-state index contributed by atoms with van der Waals surface area (Å²) in [7, 11) is -3.52. The molecule has 3 rings (SSSR count). The molecule has 0 saturated carbocycles. The summed E-state index contributed by atoms with van der Waals surface area (Å²) in [5.41, 5.74) is 0. The van der Waals surface area contributed by atoms with Crippen LogP contribution in [-0.2, 0) is 13.6 Å². The monoisotopic (exact) mass is 430 g/mol. The van der Waals surface area contributed by atoms with E-state index in [9.17, 15) is 5.11 Å². The minimum atomic E-state index is -1.78. The van der Waals surface area contributed by atoms with Gasteiger partial charge in [0.2, 0.25) is 0 Å². The van der Waals surface area contributed by atoms with Crippen molar-refractivity contribution in [3.05, 3.63) is 0 Å². The van der Waals surface area contributed by atoms with Crippen LogP contribution >= 0.6 is 0 Å². The van der Waals surface area contributed by atoms with E-state index < -0.39 is 22.9 Å². The van der Waals surface area contributed by atoms with Gasteiger partial charge in [-0.25, -0.2) is 0 Å². The van der Waals surface area contributed by atoms with Crippen molar-refractivity contribution in [2.24, 2.45) is 0 Å². The van der Waals surface area contributed by atoms with Crippen molar-refractivity contribution in [3.8, 4) is 0 Å². The van der Waals surface area contributed by atoms with Crippen LogP contribution in [0.4, 0.5) is 0 Å². The van der Waals surface area contributed by atoms with E-state index in [0.717, 1.165) is 6.61 Å². The predicted molar refractivity (Wildman–Crippen MR) is 117 cm³/mol.